The Hall–Kier alpha value is -1.77. The molecular formula is C11H10O3. The minimum atomic E-state index is -0.0595. The van der Waals surface area contributed by atoms with Crippen molar-refractivity contribution in [1.29, 1.82) is 0 Å². The van der Waals surface area contributed by atoms with Gasteiger partial charge in [-0.15, -0.1) is 0 Å². The van der Waals surface area contributed by atoms with Crippen LogP contribution in [0.1, 0.15) is 29.0 Å². The van der Waals surface area contributed by atoms with Gasteiger partial charge in [0.1, 0.15) is 11.5 Å². The lowest BCUT2D eigenvalue weighted by Gasteiger charge is -1.91. The highest BCUT2D eigenvalue weighted by molar-refractivity contribution is 5.91. The Kier molecular flexibility index (Phi) is 2.23. The van der Waals surface area contributed by atoms with E-state index in [4.69, 9.17) is 8.83 Å². The van der Waals surface area contributed by atoms with E-state index in [2.05, 4.69) is 0 Å². The van der Waals surface area contributed by atoms with Crippen LogP contribution in [-0.2, 0) is 6.42 Å². The highest BCUT2D eigenvalue weighted by Crippen LogP contribution is 2.13. The molecule has 0 fully saturated rings. The van der Waals surface area contributed by atoms with Crippen LogP contribution in [0.15, 0.2) is 39.4 Å². The van der Waals surface area contributed by atoms with Gasteiger partial charge in [0, 0.05) is 6.92 Å². The zero-order chi connectivity index (χ0) is 9.97. The van der Waals surface area contributed by atoms with Gasteiger partial charge in [-0.1, -0.05) is 0 Å². The van der Waals surface area contributed by atoms with Gasteiger partial charge in [0.05, 0.1) is 12.7 Å². The summed E-state index contributed by atoms with van der Waals surface area (Å²) >= 11 is 0. The smallest absolute Gasteiger partial charge is 0.194 e. The monoisotopic (exact) mass is 190 g/mol. The first kappa shape index (κ1) is 8.81. The van der Waals surface area contributed by atoms with Crippen molar-refractivity contribution in [3.63, 3.8) is 0 Å². The maximum atomic E-state index is 10.9. The number of hydrogen-bond donors (Lipinski definition) is 0. The van der Waals surface area contributed by atoms with E-state index >= 15 is 0 Å². The Morgan fingerprint density at radius 1 is 1.29 bits per heavy atom. The molecule has 0 saturated carbocycles. The molecule has 0 saturated heterocycles. The molecule has 2 aromatic heterocycles. The molecule has 14 heavy (non-hydrogen) atoms. The van der Waals surface area contributed by atoms with Crippen LogP contribution in [0, 0.1) is 0 Å². The van der Waals surface area contributed by atoms with Gasteiger partial charge in [-0.05, 0) is 24.3 Å². The molecule has 0 aliphatic carbocycles. The summed E-state index contributed by atoms with van der Waals surface area (Å²) in [6.45, 7) is 1.48. The molecule has 0 aliphatic rings. The first-order valence-electron chi connectivity index (χ1n) is 4.38. The van der Waals surface area contributed by atoms with Gasteiger partial charge in [0.2, 0.25) is 0 Å². The fraction of sp³-hybridized carbons (Fsp3) is 0.182. The minimum Gasteiger partial charge on any atom is -0.469 e. The van der Waals surface area contributed by atoms with Gasteiger partial charge in [0.25, 0.3) is 0 Å². The summed E-state index contributed by atoms with van der Waals surface area (Å²) in [5.74, 6) is 1.90. The molecule has 72 valence electrons. The van der Waals surface area contributed by atoms with Crippen LogP contribution in [0.5, 0.6) is 0 Å². The lowest BCUT2D eigenvalue weighted by molar-refractivity contribution is 0.0985. The van der Waals surface area contributed by atoms with Crippen molar-refractivity contribution in [3.05, 3.63) is 47.8 Å². The third-order valence-electron chi connectivity index (χ3n) is 1.94. The summed E-state index contributed by atoms with van der Waals surface area (Å²) in [4.78, 5) is 10.9. The molecule has 2 heterocycles. The standard InChI is InChI=1S/C11H10O3/c1-8(12)11-5-4-10(14-11)7-9-3-2-6-13-9/h2-6H,7H2,1H3. The lowest BCUT2D eigenvalue weighted by atomic mass is 10.3. The summed E-state index contributed by atoms with van der Waals surface area (Å²) in [5, 5.41) is 0. The molecule has 0 radical (unpaired) electrons. The second-order valence-corrected chi connectivity index (χ2v) is 3.08. The lowest BCUT2D eigenvalue weighted by Crippen LogP contribution is -1.87. The molecule has 2 aromatic rings. The fourth-order valence-electron chi connectivity index (χ4n) is 1.25. The van der Waals surface area contributed by atoms with Crippen LogP contribution in [0.2, 0.25) is 0 Å². The van der Waals surface area contributed by atoms with Crippen LogP contribution in [0.3, 0.4) is 0 Å². The van der Waals surface area contributed by atoms with Crippen molar-refractivity contribution in [3.8, 4) is 0 Å². The largest absolute Gasteiger partial charge is 0.469 e. The predicted molar refractivity (Wildman–Crippen MR) is 50.2 cm³/mol. The predicted octanol–water partition coefficient (Wildman–Crippen LogP) is 2.67. The quantitative estimate of drug-likeness (QED) is 0.699. The topological polar surface area (TPSA) is 43.4 Å². The average molecular weight is 190 g/mol. The Balaban J connectivity index is 2.14. The van der Waals surface area contributed by atoms with Crippen LogP contribution >= 0.6 is 0 Å². The van der Waals surface area contributed by atoms with Crippen molar-refractivity contribution < 1.29 is 13.6 Å². The Bertz CT molecular complexity index is 423. The van der Waals surface area contributed by atoms with E-state index in [1.54, 1.807) is 18.4 Å². The normalized spacial score (nSPS) is 10.4. The summed E-state index contributed by atoms with van der Waals surface area (Å²) in [6, 6.07) is 7.17. The molecule has 0 spiro atoms. The van der Waals surface area contributed by atoms with Crippen molar-refractivity contribution >= 4 is 5.78 Å². The summed E-state index contributed by atoms with van der Waals surface area (Å²) in [7, 11) is 0. The van der Waals surface area contributed by atoms with E-state index in [-0.39, 0.29) is 5.78 Å². The zero-order valence-electron chi connectivity index (χ0n) is 7.82. The van der Waals surface area contributed by atoms with E-state index in [1.807, 2.05) is 12.1 Å². The second kappa shape index (κ2) is 3.54. The third kappa shape index (κ3) is 1.76. The van der Waals surface area contributed by atoms with E-state index < -0.39 is 0 Å². The van der Waals surface area contributed by atoms with Crippen LogP contribution in [0.25, 0.3) is 0 Å². The van der Waals surface area contributed by atoms with Gasteiger partial charge < -0.3 is 8.83 Å². The zero-order valence-corrected chi connectivity index (χ0v) is 7.82. The van der Waals surface area contributed by atoms with Gasteiger partial charge in [0.15, 0.2) is 11.5 Å². The van der Waals surface area contributed by atoms with E-state index in [0.717, 1.165) is 11.5 Å². The number of hydrogen-bond acceptors (Lipinski definition) is 3. The highest BCUT2D eigenvalue weighted by atomic mass is 16.4. The van der Waals surface area contributed by atoms with Gasteiger partial charge in [-0.3, -0.25) is 4.79 Å². The average Bonchev–Trinajstić information content (AvgIpc) is 2.75. The number of carbonyl (C=O) groups excluding carboxylic acids is 1. The van der Waals surface area contributed by atoms with Crippen molar-refractivity contribution in [2.45, 2.75) is 13.3 Å². The van der Waals surface area contributed by atoms with Gasteiger partial charge in [-0.2, -0.15) is 0 Å². The van der Waals surface area contributed by atoms with Crippen molar-refractivity contribution in [2.75, 3.05) is 0 Å². The number of carbonyl (C=O) groups is 1. The maximum absolute atomic E-state index is 10.9. The molecule has 0 amide bonds. The molecule has 2 rings (SSSR count). The summed E-state index contributed by atoms with van der Waals surface area (Å²) in [6.07, 6.45) is 2.20. The Labute approximate surface area is 81.3 Å². The third-order valence-corrected chi connectivity index (χ3v) is 1.94. The first-order chi connectivity index (χ1) is 6.75. The van der Waals surface area contributed by atoms with Crippen LogP contribution < -0.4 is 0 Å². The molecule has 0 aliphatic heterocycles. The second-order valence-electron chi connectivity index (χ2n) is 3.08. The maximum Gasteiger partial charge on any atom is 0.194 e. The first-order valence-corrected chi connectivity index (χ1v) is 4.38. The van der Waals surface area contributed by atoms with E-state index in [0.29, 0.717) is 12.2 Å². The summed E-state index contributed by atoms with van der Waals surface area (Å²) in [5.41, 5.74) is 0. The molecular weight excluding hydrogens is 180 g/mol. The van der Waals surface area contributed by atoms with Crippen molar-refractivity contribution in [2.24, 2.45) is 0 Å². The molecule has 0 unspecified atom stereocenters. The van der Waals surface area contributed by atoms with Crippen LogP contribution in [0.4, 0.5) is 0 Å². The number of rotatable bonds is 3. The highest BCUT2D eigenvalue weighted by Gasteiger charge is 2.07. The molecule has 3 heteroatoms. The molecule has 0 atom stereocenters. The van der Waals surface area contributed by atoms with E-state index in [1.165, 1.54) is 6.92 Å². The van der Waals surface area contributed by atoms with Gasteiger partial charge in [-0.25, -0.2) is 0 Å². The van der Waals surface area contributed by atoms with Gasteiger partial charge >= 0.3 is 0 Å². The van der Waals surface area contributed by atoms with Crippen LogP contribution in [-0.4, -0.2) is 5.78 Å². The molecule has 0 N–H and O–H groups in total. The molecule has 3 nitrogen and oxygen atoms in total. The SMILES string of the molecule is CC(=O)c1ccc(Cc2ccco2)o1. The van der Waals surface area contributed by atoms with E-state index in [9.17, 15) is 4.79 Å². The molecule has 0 aromatic carbocycles. The molecule has 0 bridgehead atoms. The fourth-order valence-corrected chi connectivity index (χ4v) is 1.25. The van der Waals surface area contributed by atoms with Crippen molar-refractivity contribution in [1.82, 2.24) is 0 Å². The summed E-state index contributed by atoms with van der Waals surface area (Å²) < 4.78 is 10.5. The number of furan rings is 2. The number of ketones is 1. The Morgan fingerprint density at radius 2 is 2.14 bits per heavy atom. The number of Topliss-reactive ketones (excluding diaryl/α,β-unsaturated/α-hetero) is 1. The Morgan fingerprint density at radius 3 is 2.71 bits per heavy atom. The minimum absolute atomic E-state index is 0.0595.